The largest absolute Gasteiger partial charge is 0.370 e. The number of hydrogen-bond acceptors (Lipinski definition) is 4. The molecule has 4 rings (SSSR count). The van der Waals surface area contributed by atoms with Gasteiger partial charge in [-0.05, 0) is 40.5 Å². The van der Waals surface area contributed by atoms with Crippen molar-refractivity contribution >= 4 is 5.91 Å². The number of nitrogens with zero attached hydrogens (tertiary/aromatic N) is 3. The molecule has 0 radical (unpaired) electrons. The summed E-state index contributed by atoms with van der Waals surface area (Å²) in [5, 5.41) is 7.55. The molecule has 3 aliphatic heterocycles. The van der Waals surface area contributed by atoms with E-state index in [-0.39, 0.29) is 11.5 Å². The van der Waals surface area contributed by atoms with Crippen LogP contribution < -0.4 is 5.32 Å². The average molecular weight is 373 g/mol. The number of carbonyl (C=O) groups is 1. The van der Waals surface area contributed by atoms with E-state index >= 15 is 0 Å². The summed E-state index contributed by atoms with van der Waals surface area (Å²) >= 11 is 0. The van der Waals surface area contributed by atoms with Gasteiger partial charge in [0, 0.05) is 50.6 Å². The molecule has 1 aromatic rings. The van der Waals surface area contributed by atoms with Gasteiger partial charge in [0.05, 0.1) is 17.4 Å². The lowest BCUT2D eigenvalue weighted by molar-refractivity contribution is 0.00363. The van der Waals surface area contributed by atoms with Gasteiger partial charge in [-0.15, -0.1) is 0 Å². The van der Waals surface area contributed by atoms with E-state index < -0.39 is 0 Å². The lowest BCUT2D eigenvalue weighted by Gasteiger charge is -2.29. The molecule has 4 atom stereocenters. The van der Waals surface area contributed by atoms with Gasteiger partial charge in [0.15, 0.2) is 0 Å². The molecule has 0 aliphatic carbocycles. The van der Waals surface area contributed by atoms with Crippen LogP contribution in [0.4, 0.5) is 0 Å². The fourth-order valence-electron chi connectivity index (χ4n) is 5.39. The maximum absolute atomic E-state index is 12.8. The van der Waals surface area contributed by atoms with E-state index in [1.807, 2.05) is 20.9 Å². The molecule has 6 heteroatoms. The number of amides is 1. The standard InChI is InChI=1S/C21H32N4O2/c1-13(2)7-9-25-11-17-16(18-6-8-21(17,12-25)27-18)10-22-20(26)19-14(3)15(4)23-24(19)5/h7,16-18H,6,8-12H2,1-5H3,(H,22,26)/t16-,17+,18+,21+/m0/s1. The highest BCUT2D eigenvalue weighted by Crippen LogP contribution is 2.54. The number of ether oxygens (including phenoxy) is 1. The number of aromatic nitrogens is 2. The van der Waals surface area contributed by atoms with Gasteiger partial charge in [0.2, 0.25) is 0 Å². The third-order valence-corrected chi connectivity index (χ3v) is 6.85. The Morgan fingerprint density at radius 2 is 2.19 bits per heavy atom. The molecule has 3 fully saturated rings. The fourth-order valence-corrected chi connectivity index (χ4v) is 5.39. The van der Waals surface area contributed by atoms with Gasteiger partial charge in [-0.2, -0.15) is 5.10 Å². The van der Waals surface area contributed by atoms with Gasteiger partial charge >= 0.3 is 0 Å². The van der Waals surface area contributed by atoms with Crippen molar-refractivity contribution in [2.24, 2.45) is 18.9 Å². The van der Waals surface area contributed by atoms with E-state index in [2.05, 4.69) is 35.2 Å². The Labute approximate surface area is 161 Å². The van der Waals surface area contributed by atoms with Gasteiger partial charge in [0.25, 0.3) is 5.91 Å². The predicted octanol–water partition coefficient (Wildman–Crippen LogP) is 2.21. The molecule has 3 aliphatic rings. The van der Waals surface area contributed by atoms with Crippen molar-refractivity contribution < 1.29 is 9.53 Å². The van der Waals surface area contributed by atoms with Crippen LogP contribution in [-0.2, 0) is 11.8 Å². The first-order valence-electron chi connectivity index (χ1n) is 10.1. The minimum absolute atomic E-state index is 0.0215. The molecule has 0 saturated carbocycles. The third kappa shape index (κ3) is 3.13. The first-order chi connectivity index (χ1) is 12.8. The number of allylic oxidation sites excluding steroid dienone is 1. The Morgan fingerprint density at radius 1 is 1.41 bits per heavy atom. The molecule has 27 heavy (non-hydrogen) atoms. The number of fused-ring (bicyclic) bond motifs is 1. The Hall–Kier alpha value is -1.66. The monoisotopic (exact) mass is 372 g/mol. The van der Waals surface area contributed by atoms with Crippen LogP contribution >= 0.6 is 0 Å². The molecule has 4 heterocycles. The van der Waals surface area contributed by atoms with Crippen molar-refractivity contribution in [3.63, 3.8) is 0 Å². The summed E-state index contributed by atoms with van der Waals surface area (Å²) in [5.41, 5.74) is 3.93. The number of hydrogen-bond donors (Lipinski definition) is 1. The molecular weight excluding hydrogens is 340 g/mol. The summed E-state index contributed by atoms with van der Waals surface area (Å²) in [6.07, 6.45) is 4.89. The minimum Gasteiger partial charge on any atom is -0.370 e. The topological polar surface area (TPSA) is 59.4 Å². The highest BCUT2D eigenvalue weighted by atomic mass is 16.5. The summed E-state index contributed by atoms with van der Waals surface area (Å²) in [5.74, 6) is 0.914. The normalized spacial score (nSPS) is 32.0. The second kappa shape index (κ2) is 6.74. The second-order valence-electron chi connectivity index (χ2n) is 8.90. The molecule has 1 aromatic heterocycles. The smallest absolute Gasteiger partial charge is 0.269 e. The van der Waals surface area contributed by atoms with Crippen LogP contribution in [0.3, 0.4) is 0 Å². The van der Waals surface area contributed by atoms with Gasteiger partial charge in [-0.25, -0.2) is 0 Å². The van der Waals surface area contributed by atoms with Crippen LogP contribution in [0.15, 0.2) is 11.6 Å². The molecule has 148 valence electrons. The number of aryl methyl sites for hydroxylation is 2. The zero-order valence-electron chi connectivity index (χ0n) is 17.2. The predicted molar refractivity (Wildman–Crippen MR) is 105 cm³/mol. The maximum Gasteiger partial charge on any atom is 0.269 e. The van der Waals surface area contributed by atoms with Gasteiger partial charge in [-0.3, -0.25) is 14.4 Å². The van der Waals surface area contributed by atoms with E-state index in [0.29, 0.717) is 30.2 Å². The lowest BCUT2D eigenvalue weighted by atomic mass is 9.73. The Kier molecular flexibility index (Phi) is 4.67. The van der Waals surface area contributed by atoms with Crippen LogP contribution in [0.1, 0.15) is 48.4 Å². The summed E-state index contributed by atoms with van der Waals surface area (Å²) in [6, 6.07) is 0. The molecule has 0 aromatic carbocycles. The summed E-state index contributed by atoms with van der Waals surface area (Å²) < 4.78 is 8.18. The number of rotatable bonds is 5. The van der Waals surface area contributed by atoms with Crippen LogP contribution in [-0.4, -0.2) is 58.5 Å². The van der Waals surface area contributed by atoms with Gasteiger partial charge in [-0.1, -0.05) is 11.6 Å². The fraction of sp³-hybridized carbons (Fsp3) is 0.714. The first kappa shape index (κ1) is 18.7. The van der Waals surface area contributed by atoms with Gasteiger partial charge in [0.1, 0.15) is 5.69 Å². The average Bonchev–Trinajstić information content (AvgIpc) is 3.30. The van der Waals surface area contributed by atoms with E-state index in [0.717, 1.165) is 43.7 Å². The molecule has 1 N–H and O–H groups in total. The molecule has 2 bridgehead atoms. The highest BCUT2D eigenvalue weighted by molar-refractivity contribution is 5.94. The van der Waals surface area contributed by atoms with Crippen molar-refractivity contribution in [1.82, 2.24) is 20.0 Å². The van der Waals surface area contributed by atoms with Gasteiger partial charge < -0.3 is 10.1 Å². The number of likely N-dealkylation sites (tertiary alicyclic amines) is 1. The van der Waals surface area contributed by atoms with Crippen molar-refractivity contribution in [1.29, 1.82) is 0 Å². The Bertz CT molecular complexity index is 779. The van der Waals surface area contributed by atoms with Crippen LogP contribution in [0.25, 0.3) is 0 Å². The second-order valence-corrected chi connectivity index (χ2v) is 8.90. The summed E-state index contributed by atoms with van der Waals surface area (Å²) in [7, 11) is 1.84. The SMILES string of the molecule is CC(C)=CCN1C[C@@H]2[C@H](CNC(=O)c3c(C)c(C)nn3C)[C@H]3CC[C@]2(C1)O3. The van der Waals surface area contributed by atoms with Crippen molar-refractivity contribution in [2.45, 2.75) is 52.2 Å². The summed E-state index contributed by atoms with van der Waals surface area (Å²) in [4.78, 5) is 15.3. The summed E-state index contributed by atoms with van der Waals surface area (Å²) in [6.45, 7) is 12.0. The van der Waals surface area contributed by atoms with Crippen molar-refractivity contribution in [3.05, 3.63) is 28.6 Å². The quantitative estimate of drug-likeness (QED) is 0.805. The van der Waals surface area contributed by atoms with E-state index in [9.17, 15) is 4.79 Å². The third-order valence-electron chi connectivity index (χ3n) is 6.85. The molecule has 1 spiro atoms. The van der Waals surface area contributed by atoms with E-state index in [1.54, 1.807) is 4.68 Å². The molecular formula is C21H32N4O2. The highest BCUT2D eigenvalue weighted by Gasteiger charge is 2.62. The Morgan fingerprint density at radius 3 is 2.85 bits per heavy atom. The molecule has 3 saturated heterocycles. The number of nitrogens with one attached hydrogen (secondary N) is 1. The van der Waals surface area contributed by atoms with E-state index in [1.165, 1.54) is 5.57 Å². The number of carbonyl (C=O) groups excluding carboxylic acids is 1. The lowest BCUT2D eigenvalue weighted by Crippen LogP contribution is -2.42. The minimum atomic E-state index is -0.0215. The van der Waals surface area contributed by atoms with Crippen LogP contribution in [0.2, 0.25) is 0 Å². The van der Waals surface area contributed by atoms with Crippen LogP contribution in [0, 0.1) is 25.7 Å². The molecule has 1 amide bonds. The Balaban J connectivity index is 1.43. The zero-order chi connectivity index (χ0) is 19.3. The van der Waals surface area contributed by atoms with Crippen molar-refractivity contribution in [2.75, 3.05) is 26.2 Å². The van der Waals surface area contributed by atoms with Crippen molar-refractivity contribution in [3.8, 4) is 0 Å². The van der Waals surface area contributed by atoms with Crippen LogP contribution in [0.5, 0.6) is 0 Å². The maximum atomic E-state index is 12.8. The zero-order valence-corrected chi connectivity index (χ0v) is 17.2. The molecule has 0 unspecified atom stereocenters. The van der Waals surface area contributed by atoms with E-state index in [4.69, 9.17) is 4.74 Å². The molecule has 6 nitrogen and oxygen atoms in total. The first-order valence-corrected chi connectivity index (χ1v) is 10.1.